The monoisotopic (exact) mass is 353 g/mol. The first-order valence-electron chi connectivity index (χ1n) is 9.91. The summed E-state index contributed by atoms with van der Waals surface area (Å²) in [5.74, 6) is -0.0502. The minimum absolute atomic E-state index is 0.0502. The zero-order valence-corrected chi connectivity index (χ0v) is 15.2. The molecule has 4 heterocycles. The summed E-state index contributed by atoms with van der Waals surface area (Å²) in [5.41, 5.74) is 11.4. The number of hydrazine groups is 1. The van der Waals surface area contributed by atoms with Crippen LogP contribution in [0.15, 0.2) is 23.9 Å². The van der Waals surface area contributed by atoms with Crippen molar-refractivity contribution in [2.45, 2.75) is 31.7 Å². The van der Waals surface area contributed by atoms with Crippen LogP contribution in [-0.2, 0) is 0 Å². The largest absolute Gasteiger partial charge is 0.380 e. The highest BCUT2D eigenvalue weighted by atomic mass is 16.2. The summed E-state index contributed by atoms with van der Waals surface area (Å²) in [6.07, 6.45) is 5.26. The van der Waals surface area contributed by atoms with Gasteiger partial charge in [0.15, 0.2) is 0 Å². The quantitative estimate of drug-likeness (QED) is 0.771. The van der Waals surface area contributed by atoms with Crippen LogP contribution in [0.3, 0.4) is 0 Å². The van der Waals surface area contributed by atoms with Gasteiger partial charge in [0.25, 0.3) is 5.91 Å². The number of nitrogens with one attached hydrogen (secondary N) is 3. The lowest BCUT2D eigenvalue weighted by Crippen LogP contribution is -2.46. The predicted molar refractivity (Wildman–Crippen MR) is 103 cm³/mol. The van der Waals surface area contributed by atoms with Crippen LogP contribution >= 0.6 is 0 Å². The molecular weight excluding hydrogens is 326 g/mol. The molecule has 0 spiro atoms. The number of hydrogen-bond acceptors (Lipinski definition) is 5. The first-order chi connectivity index (χ1) is 12.8. The van der Waals surface area contributed by atoms with Gasteiger partial charge in [-0.05, 0) is 50.9 Å². The van der Waals surface area contributed by atoms with Crippen LogP contribution in [0.2, 0.25) is 0 Å². The van der Waals surface area contributed by atoms with Gasteiger partial charge in [-0.3, -0.25) is 15.1 Å². The molecule has 2 saturated heterocycles. The van der Waals surface area contributed by atoms with Crippen LogP contribution in [0.4, 0.5) is 5.69 Å². The fraction of sp³-hybridized carbons (Fsp3) is 0.550. The molecule has 6 nitrogen and oxygen atoms in total. The molecule has 0 aromatic heterocycles. The molecular formula is C20H27N5O. The molecule has 0 saturated carbocycles. The highest BCUT2D eigenvalue weighted by Gasteiger charge is 2.31. The number of piperidine rings is 1. The number of hydrogen-bond donors (Lipinski definition) is 3. The minimum atomic E-state index is -0.0502. The molecule has 4 aliphatic heterocycles. The molecule has 0 radical (unpaired) electrons. The van der Waals surface area contributed by atoms with Crippen molar-refractivity contribution in [1.82, 2.24) is 20.7 Å². The molecule has 0 atom stereocenters. The summed E-state index contributed by atoms with van der Waals surface area (Å²) in [4.78, 5) is 17.6. The smallest absolute Gasteiger partial charge is 0.270 e. The van der Waals surface area contributed by atoms with E-state index in [1.807, 2.05) is 12.1 Å². The Morgan fingerprint density at radius 2 is 1.85 bits per heavy atom. The summed E-state index contributed by atoms with van der Waals surface area (Å²) in [7, 11) is 0. The van der Waals surface area contributed by atoms with E-state index in [1.165, 1.54) is 44.3 Å². The average molecular weight is 353 g/mol. The van der Waals surface area contributed by atoms with E-state index in [-0.39, 0.29) is 5.91 Å². The van der Waals surface area contributed by atoms with Crippen molar-refractivity contribution < 1.29 is 4.79 Å². The Labute approximate surface area is 154 Å². The summed E-state index contributed by atoms with van der Waals surface area (Å²) < 4.78 is 0. The Morgan fingerprint density at radius 3 is 2.65 bits per heavy atom. The van der Waals surface area contributed by atoms with Gasteiger partial charge in [0.2, 0.25) is 0 Å². The van der Waals surface area contributed by atoms with Crippen LogP contribution < -0.4 is 16.2 Å². The van der Waals surface area contributed by atoms with Crippen molar-refractivity contribution in [3.8, 4) is 0 Å². The van der Waals surface area contributed by atoms with Crippen molar-refractivity contribution in [2.75, 3.05) is 44.6 Å². The molecule has 5 rings (SSSR count). The third kappa shape index (κ3) is 2.77. The van der Waals surface area contributed by atoms with E-state index in [0.717, 1.165) is 54.7 Å². The van der Waals surface area contributed by atoms with Crippen molar-refractivity contribution in [3.05, 3.63) is 35.0 Å². The van der Waals surface area contributed by atoms with E-state index in [0.29, 0.717) is 0 Å². The Balaban J connectivity index is 1.32. The molecule has 6 heteroatoms. The summed E-state index contributed by atoms with van der Waals surface area (Å²) >= 11 is 0. The first kappa shape index (κ1) is 16.1. The Kier molecular flexibility index (Phi) is 4.10. The predicted octanol–water partition coefficient (Wildman–Crippen LogP) is 1.63. The highest BCUT2D eigenvalue weighted by molar-refractivity contribution is 6.05. The average Bonchev–Trinajstić information content (AvgIpc) is 3.32. The Bertz CT molecular complexity index is 745. The molecule has 0 unspecified atom stereocenters. The number of carbonyl (C=O) groups is 1. The normalized spacial score (nSPS) is 24.1. The zero-order chi connectivity index (χ0) is 17.5. The second-order valence-electron chi connectivity index (χ2n) is 7.87. The summed E-state index contributed by atoms with van der Waals surface area (Å²) in [5, 5.41) is 3.44. The van der Waals surface area contributed by atoms with Gasteiger partial charge in [0, 0.05) is 49.0 Å². The number of nitrogens with zero attached hydrogens (tertiary/aromatic N) is 2. The van der Waals surface area contributed by atoms with E-state index < -0.39 is 0 Å². The SMILES string of the molecule is O=C1NNC(CN2CCC(N3CCCC3)CC2)=C2CNc3cccc1c32. The van der Waals surface area contributed by atoms with E-state index in [1.54, 1.807) is 0 Å². The standard InChI is InChI=1S/C20H27N5O/c26-20-15-4-3-5-17-19(15)16(12-21-17)18(22-23-20)13-24-10-6-14(7-11-24)25-8-1-2-9-25/h3-5,14,21-22H,1-2,6-13H2,(H,23,26). The summed E-state index contributed by atoms with van der Waals surface area (Å²) in [6, 6.07) is 6.68. The molecule has 3 N–H and O–H groups in total. The van der Waals surface area contributed by atoms with E-state index in [2.05, 4.69) is 32.0 Å². The second kappa shape index (κ2) is 6.59. The van der Waals surface area contributed by atoms with E-state index >= 15 is 0 Å². The molecule has 0 aliphatic carbocycles. The number of carbonyl (C=O) groups excluding carboxylic acids is 1. The van der Waals surface area contributed by atoms with Gasteiger partial charge in [0.1, 0.15) is 0 Å². The lowest BCUT2D eigenvalue weighted by atomic mass is 9.98. The number of benzene rings is 1. The fourth-order valence-electron chi connectivity index (χ4n) is 4.93. The maximum Gasteiger partial charge on any atom is 0.270 e. The molecule has 1 aromatic rings. The fourth-order valence-corrected chi connectivity index (χ4v) is 4.93. The van der Waals surface area contributed by atoms with Crippen LogP contribution in [0.25, 0.3) is 5.57 Å². The molecule has 1 amide bonds. The van der Waals surface area contributed by atoms with E-state index in [4.69, 9.17) is 0 Å². The number of likely N-dealkylation sites (tertiary alicyclic amines) is 2. The molecule has 1 aromatic carbocycles. The Morgan fingerprint density at radius 1 is 1.04 bits per heavy atom. The second-order valence-corrected chi connectivity index (χ2v) is 7.87. The van der Waals surface area contributed by atoms with Crippen molar-refractivity contribution in [2.24, 2.45) is 0 Å². The van der Waals surface area contributed by atoms with Crippen LogP contribution in [0.1, 0.15) is 41.6 Å². The van der Waals surface area contributed by atoms with Gasteiger partial charge in [-0.25, -0.2) is 0 Å². The van der Waals surface area contributed by atoms with Crippen molar-refractivity contribution in [3.63, 3.8) is 0 Å². The molecule has 138 valence electrons. The Hall–Kier alpha value is -2.05. The van der Waals surface area contributed by atoms with Crippen molar-refractivity contribution >= 4 is 17.2 Å². The zero-order valence-electron chi connectivity index (χ0n) is 15.2. The lowest BCUT2D eigenvalue weighted by Gasteiger charge is -2.37. The first-order valence-corrected chi connectivity index (χ1v) is 9.91. The summed E-state index contributed by atoms with van der Waals surface area (Å²) in [6.45, 7) is 6.51. The number of anilines is 1. The molecule has 0 bridgehead atoms. The van der Waals surface area contributed by atoms with Gasteiger partial charge in [0.05, 0.1) is 11.3 Å². The molecule has 4 aliphatic rings. The van der Waals surface area contributed by atoms with Gasteiger partial charge in [-0.15, -0.1) is 0 Å². The van der Waals surface area contributed by atoms with Gasteiger partial charge in [-0.2, -0.15) is 0 Å². The van der Waals surface area contributed by atoms with Crippen LogP contribution in [0, 0.1) is 0 Å². The molecule has 26 heavy (non-hydrogen) atoms. The van der Waals surface area contributed by atoms with E-state index in [9.17, 15) is 4.79 Å². The minimum Gasteiger partial charge on any atom is -0.380 e. The van der Waals surface area contributed by atoms with Gasteiger partial charge < -0.3 is 15.6 Å². The van der Waals surface area contributed by atoms with Gasteiger partial charge in [-0.1, -0.05) is 6.07 Å². The lowest BCUT2D eigenvalue weighted by molar-refractivity contribution is 0.0936. The number of amides is 1. The van der Waals surface area contributed by atoms with Gasteiger partial charge >= 0.3 is 0 Å². The maximum absolute atomic E-state index is 12.4. The number of rotatable bonds is 3. The molecule has 2 fully saturated rings. The van der Waals surface area contributed by atoms with Crippen LogP contribution in [-0.4, -0.2) is 61.0 Å². The van der Waals surface area contributed by atoms with Crippen molar-refractivity contribution in [1.29, 1.82) is 0 Å². The maximum atomic E-state index is 12.4. The third-order valence-electron chi connectivity index (χ3n) is 6.35. The van der Waals surface area contributed by atoms with Crippen LogP contribution in [0.5, 0.6) is 0 Å². The highest BCUT2D eigenvalue weighted by Crippen LogP contribution is 2.36. The topological polar surface area (TPSA) is 59.6 Å². The third-order valence-corrected chi connectivity index (χ3v) is 6.35.